The highest BCUT2D eigenvalue weighted by Crippen LogP contribution is 2.60. The highest BCUT2D eigenvalue weighted by molar-refractivity contribution is 5.97. The number of Topliss-reactive ketones (excluding diaryl/α,β-unsaturated/α-hetero) is 1. The molecule has 5 rings (SSSR count). The van der Waals surface area contributed by atoms with Crippen molar-refractivity contribution in [3.63, 3.8) is 0 Å². The normalized spacial score (nSPS) is 28.8. The molecule has 0 saturated heterocycles. The number of hydrogen-bond acceptors (Lipinski definition) is 7. The zero-order valence-corrected chi connectivity index (χ0v) is 17.3. The molecule has 0 radical (unpaired) electrons. The minimum Gasteiger partial charge on any atom is -0.493 e. The maximum atomic E-state index is 13.1. The second-order valence-corrected chi connectivity index (χ2v) is 8.91. The fraction of sp³-hybridized carbons (Fsp3) is 0.636. The van der Waals surface area contributed by atoms with Crippen molar-refractivity contribution in [2.75, 3.05) is 20.3 Å². The first-order valence-corrected chi connectivity index (χ1v) is 10.5. The molecular weight excluding hydrogens is 390 g/mol. The summed E-state index contributed by atoms with van der Waals surface area (Å²) in [6, 6.07) is 2.39. The molecular formula is C22H27NO7. The Morgan fingerprint density at radius 2 is 1.70 bits per heavy atom. The number of ether oxygens (including phenoxy) is 3. The average molecular weight is 417 g/mol. The van der Waals surface area contributed by atoms with Crippen LogP contribution < -0.4 is 9.47 Å². The number of ketones is 1. The first-order chi connectivity index (χ1) is 14.3. The quantitative estimate of drug-likeness (QED) is 0.358. The Morgan fingerprint density at radius 1 is 1.10 bits per heavy atom. The Labute approximate surface area is 175 Å². The lowest BCUT2D eigenvalue weighted by Crippen LogP contribution is -2.51. The monoisotopic (exact) mass is 417 g/mol. The number of esters is 1. The van der Waals surface area contributed by atoms with Crippen molar-refractivity contribution in [2.45, 2.75) is 45.4 Å². The third-order valence-corrected chi connectivity index (χ3v) is 6.96. The molecule has 4 saturated carbocycles. The van der Waals surface area contributed by atoms with Crippen molar-refractivity contribution < 1.29 is 28.7 Å². The maximum absolute atomic E-state index is 13.1. The molecule has 1 aromatic carbocycles. The summed E-state index contributed by atoms with van der Waals surface area (Å²) in [6.07, 6.45) is 6.28. The van der Waals surface area contributed by atoms with Crippen LogP contribution in [0.4, 0.5) is 5.69 Å². The standard InChI is InChI=1S/C22H27NO7/c1-3-29-19-7-16(17(23(26)27)8-18(19)28-2)21(25)30-12-20(24)22-9-13-4-14(10-22)6-15(5-13)11-22/h7-8,13-15H,3-6,9-12H2,1-2H3. The summed E-state index contributed by atoms with van der Waals surface area (Å²) in [5, 5.41) is 11.5. The molecule has 1 aromatic rings. The van der Waals surface area contributed by atoms with Gasteiger partial charge in [0, 0.05) is 11.5 Å². The second kappa shape index (κ2) is 7.89. The van der Waals surface area contributed by atoms with E-state index in [-0.39, 0.29) is 34.9 Å². The fourth-order valence-corrected chi connectivity index (χ4v) is 6.11. The van der Waals surface area contributed by atoms with E-state index in [1.165, 1.54) is 32.4 Å². The number of nitro groups is 1. The number of carbonyl (C=O) groups is 2. The largest absolute Gasteiger partial charge is 0.493 e. The summed E-state index contributed by atoms with van der Waals surface area (Å²) in [4.78, 5) is 36.5. The number of methoxy groups -OCH3 is 1. The highest BCUT2D eigenvalue weighted by Gasteiger charge is 2.54. The molecule has 4 aliphatic rings. The van der Waals surface area contributed by atoms with E-state index in [0.717, 1.165) is 25.3 Å². The molecule has 4 fully saturated rings. The molecule has 162 valence electrons. The summed E-state index contributed by atoms with van der Waals surface area (Å²) >= 11 is 0. The zero-order valence-electron chi connectivity index (χ0n) is 17.3. The first kappa shape index (κ1) is 20.6. The predicted molar refractivity (Wildman–Crippen MR) is 107 cm³/mol. The number of benzene rings is 1. The maximum Gasteiger partial charge on any atom is 0.345 e. The SMILES string of the molecule is CCOc1cc(C(=O)OCC(=O)C23CC4CC(CC(C4)C2)C3)c([N+](=O)[O-])cc1OC. The summed E-state index contributed by atoms with van der Waals surface area (Å²) in [5.74, 6) is 1.24. The Balaban J connectivity index is 1.50. The van der Waals surface area contributed by atoms with E-state index in [1.54, 1.807) is 6.92 Å². The lowest BCUT2D eigenvalue weighted by molar-refractivity contribution is -0.385. The van der Waals surface area contributed by atoms with Crippen molar-refractivity contribution in [2.24, 2.45) is 23.2 Å². The van der Waals surface area contributed by atoms with Crippen LogP contribution in [0.2, 0.25) is 0 Å². The van der Waals surface area contributed by atoms with E-state index in [2.05, 4.69) is 0 Å². The Bertz CT molecular complexity index is 843. The van der Waals surface area contributed by atoms with Gasteiger partial charge in [-0.05, 0) is 63.2 Å². The van der Waals surface area contributed by atoms with E-state index in [1.807, 2.05) is 0 Å². The van der Waals surface area contributed by atoms with Crippen LogP contribution in [-0.2, 0) is 9.53 Å². The molecule has 0 atom stereocenters. The van der Waals surface area contributed by atoms with Gasteiger partial charge in [-0.3, -0.25) is 14.9 Å². The van der Waals surface area contributed by atoms with Crippen molar-refractivity contribution in [1.82, 2.24) is 0 Å². The second-order valence-electron chi connectivity index (χ2n) is 8.91. The molecule has 4 bridgehead atoms. The minimum atomic E-state index is -0.900. The molecule has 8 nitrogen and oxygen atoms in total. The average Bonchev–Trinajstić information content (AvgIpc) is 2.70. The lowest BCUT2D eigenvalue weighted by Gasteiger charge is -2.55. The van der Waals surface area contributed by atoms with Crippen LogP contribution in [0, 0.1) is 33.3 Å². The van der Waals surface area contributed by atoms with Crippen LogP contribution in [0.25, 0.3) is 0 Å². The van der Waals surface area contributed by atoms with Gasteiger partial charge in [-0.25, -0.2) is 4.79 Å². The van der Waals surface area contributed by atoms with Gasteiger partial charge in [0.15, 0.2) is 23.9 Å². The Hall–Kier alpha value is -2.64. The fourth-order valence-electron chi connectivity index (χ4n) is 6.11. The van der Waals surface area contributed by atoms with Crippen LogP contribution in [0.1, 0.15) is 55.8 Å². The van der Waals surface area contributed by atoms with Crippen LogP contribution in [0.5, 0.6) is 11.5 Å². The molecule has 8 heteroatoms. The smallest absolute Gasteiger partial charge is 0.345 e. The van der Waals surface area contributed by atoms with Gasteiger partial charge in [-0.1, -0.05) is 0 Å². The van der Waals surface area contributed by atoms with E-state index in [4.69, 9.17) is 14.2 Å². The van der Waals surface area contributed by atoms with Crippen LogP contribution in [0.15, 0.2) is 12.1 Å². The van der Waals surface area contributed by atoms with Gasteiger partial charge in [-0.15, -0.1) is 0 Å². The zero-order chi connectivity index (χ0) is 21.5. The van der Waals surface area contributed by atoms with E-state index in [9.17, 15) is 19.7 Å². The highest BCUT2D eigenvalue weighted by atomic mass is 16.6. The van der Waals surface area contributed by atoms with E-state index < -0.39 is 16.6 Å². The molecule has 4 aliphatic carbocycles. The summed E-state index contributed by atoms with van der Waals surface area (Å²) in [7, 11) is 1.36. The predicted octanol–water partition coefficient (Wildman–Crippen LogP) is 3.94. The molecule has 0 aromatic heterocycles. The number of rotatable bonds is 8. The molecule has 0 amide bonds. The Morgan fingerprint density at radius 3 is 2.20 bits per heavy atom. The number of nitro benzene ring substituents is 1. The van der Waals surface area contributed by atoms with E-state index in [0.29, 0.717) is 24.4 Å². The topological polar surface area (TPSA) is 105 Å². The van der Waals surface area contributed by atoms with Crippen LogP contribution in [-0.4, -0.2) is 37.0 Å². The third kappa shape index (κ3) is 3.63. The van der Waals surface area contributed by atoms with Crippen molar-refractivity contribution >= 4 is 17.4 Å². The molecule has 0 N–H and O–H groups in total. The van der Waals surface area contributed by atoms with Gasteiger partial charge in [0.25, 0.3) is 5.69 Å². The first-order valence-electron chi connectivity index (χ1n) is 10.5. The summed E-state index contributed by atoms with van der Waals surface area (Å²) in [6.45, 7) is 1.70. The molecule has 0 heterocycles. The van der Waals surface area contributed by atoms with Crippen molar-refractivity contribution in [3.8, 4) is 11.5 Å². The van der Waals surface area contributed by atoms with Gasteiger partial charge < -0.3 is 14.2 Å². The summed E-state index contributed by atoms with van der Waals surface area (Å²) in [5.41, 5.74) is -1.07. The van der Waals surface area contributed by atoms with Gasteiger partial charge in [0.2, 0.25) is 0 Å². The number of hydrogen-bond donors (Lipinski definition) is 0. The van der Waals surface area contributed by atoms with Crippen molar-refractivity contribution in [3.05, 3.63) is 27.8 Å². The van der Waals surface area contributed by atoms with Gasteiger partial charge in [0.05, 0.1) is 24.7 Å². The Kier molecular flexibility index (Phi) is 5.42. The molecule has 0 spiro atoms. The van der Waals surface area contributed by atoms with Gasteiger partial charge in [-0.2, -0.15) is 0 Å². The van der Waals surface area contributed by atoms with Crippen LogP contribution >= 0.6 is 0 Å². The molecule has 0 aliphatic heterocycles. The van der Waals surface area contributed by atoms with Crippen molar-refractivity contribution in [1.29, 1.82) is 0 Å². The van der Waals surface area contributed by atoms with Gasteiger partial charge in [0.1, 0.15) is 5.56 Å². The molecule has 0 unspecified atom stereocenters. The van der Waals surface area contributed by atoms with Crippen LogP contribution in [0.3, 0.4) is 0 Å². The summed E-state index contributed by atoms with van der Waals surface area (Å²) < 4.78 is 15.8. The molecule has 30 heavy (non-hydrogen) atoms. The minimum absolute atomic E-state index is 0.0452. The number of carbonyl (C=O) groups excluding carboxylic acids is 2. The van der Waals surface area contributed by atoms with Gasteiger partial charge >= 0.3 is 5.97 Å². The lowest BCUT2D eigenvalue weighted by atomic mass is 9.48. The van der Waals surface area contributed by atoms with E-state index >= 15 is 0 Å². The third-order valence-electron chi connectivity index (χ3n) is 6.96. The number of nitrogens with zero attached hydrogens (tertiary/aromatic N) is 1.